The van der Waals surface area contributed by atoms with E-state index < -0.39 is 11.5 Å². The molecular formula is C16H24N2O3S. The first-order chi connectivity index (χ1) is 10.4. The van der Waals surface area contributed by atoms with Crippen LogP contribution in [0.3, 0.4) is 0 Å². The van der Waals surface area contributed by atoms with Gasteiger partial charge in [0.1, 0.15) is 10.4 Å². The van der Waals surface area contributed by atoms with Gasteiger partial charge in [0.2, 0.25) is 0 Å². The van der Waals surface area contributed by atoms with E-state index in [-0.39, 0.29) is 5.91 Å². The Labute approximate surface area is 135 Å². The predicted octanol–water partition coefficient (Wildman–Crippen LogP) is 3.17. The minimum absolute atomic E-state index is 0.299. The van der Waals surface area contributed by atoms with Crippen molar-refractivity contribution in [2.24, 2.45) is 5.92 Å². The zero-order valence-electron chi connectivity index (χ0n) is 13.4. The molecule has 0 atom stereocenters. The van der Waals surface area contributed by atoms with Crippen molar-refractivity contribution in [1.82, 2.24) is 10.3 Å². The third-order valence-electron chi connectivity index (χ3n) is 4.65. The predicted molar refractivity (Wildman–Crippen MR) is 86.3 cm³/mol. The molecule has 0 spiro atoms. The molecule has 1 heterocycles. The molecule has 0 aliphatic heterocycles. The average molecular weight is 324 g/mol. The lowest BCUT2D eigenvalue weighted by Crippen LogP contribution is -2.56. The highest BCUT2D eigenvalue weighted by Gasteiger charge is 2.43. The quantitative estimate of drug-likeness (QED) is 0.872. The largest absolute Gasteiger partial charge is 0.480 e. The molecule has 0 unspecified atom stereocenters. The van der Waals surface area contributed by atoms with Crippen LogP contribution < -0.4 is 5.32 Å². The van der Waals surface area contributed by atoms with E-state index in [4.69, 9.17) is 0 Å². The van der Waals surface area contributed by atoms with E-state index in [1.807, 2.05) is 6.92 Å². The zero-order chi connectivity index (χ0) is 16.3. The maximum atomic E-state index is 12.5. The number of aromatic nitrogens is 1. The molecule has 1 amide bonds. The number of thiazole rings is 1. The summed E-state index contributed by atoms with van der Waals surface area (Å²) in [5.74, 6) is -0.651. The number of aliphatic carboxylic acids is 1. The Bertz CT molecular complexity index is 560. The summed E-state index contributed by atoms with van der Waals surface area (Å²) in [4.78, 5) is 29.2. The lowest BCUT2D eigenvalue weighted by molar-refractivity contribution is -0.146. The Morgan fingerprint density at radius 1 is 1.36 bits per heavy atom. The highest BCUT2D eigenvalue weighted by atomic mass is 32.1. The standard InChI is InChI=1S/C16H24N2O3S/c1-4-11-6-8-16(9-7-11,15(20)21)18-14(19)13-10(3)17-12(5-2)22-13/h11H,4-9H2,1-3H3,(H,18,19)(H,20,21). The number of hydrogen-bond donors (Lipinski definition) is 2. The monoisotopic (exact) mass is 324 g/mol. The van der Waals surface area contributed by atoms with Crippen LogP contribution in [0.1, 0.15) is 66.3 Å². The fraction of sp³-hybridized carbons (Fsp3) is 0.688. The van der Waals surface area contributed by atoms with Crippen LogP contribution in [0.25, 0.3) is 0 Å². The summed E-state index contributed by atoms with van der Waals surface area (Å²) in [6, 6.07) is 0. The van der Waals surface area contributed by atoms with Crippen molar-refractivity contribution >= 4 is 23.2 Å². The Morgan fingerprint density at radius 3 is 2.45 bits per heavy atom. The van der Waals surface area contributed by atoms with Crippen LogP contribution in [0.4, 0.5) is 0 Å². The van der Waals surface area contributed by atoms with Gasteiger partial charge in [-0.2, -0.15) is 0 Å². The van der Waals surface area contributed by atoms with Gasteiger partial charge in [0, 0.05) is 0 Å². The van der Waals surface area contributed by atoms with Crippen LogP contribution in [0, 0.1) is 12.8 Å². The highest BCUT2D eigenvalue weighted by molar-refractivity contribution is 7.13. The van der Waals surface area contributed by atoms with E-state index in [1.165, 1.54) is 11.3 Å². The molecule has 5 nitrogen and oxygen atoms in total. The zero-order valence-corrected chi connectivity index (χ0v) is 14.3. The molecule has 0 radical (unpaired) electrons. The van der Waals surface area contributed by atoms with Crippen molar-refractivity contribution in [3.05, 3.63) is 15.6 Å². The second-order valence-corrected chi connectivity index (χ2v) is 7.15. The minimum Gasteiger partial charge on any atom is -0.480 e. The minimum atomic E-state index is -1.12. The van der Waals surface area contributed by atoms with Crippen molar-refractivity contribution in [2.75, 3.05) is 0 Å². The number of nitrogens with zero attached hydrogens (tertiary/aromatic N) is 1. The van der Waals surface area contributed by atoms with E-state index in [2.05, 4.69) is 17.2 Å². The van der Waals surface area contributed by atoms with Crippen molar-refractivity contribution < 1.29 is 14.7 Å². The van der Waals surface area contributed by atoms with Gasteiger partial charge in [-0.05, 0) is 44.9 Å². The van der Waals surface area contributed by atoms with Gasteiger partial charge in [0.15, 0.2) is 0 Å². The number of carboxylic acid groups (broad SMARTS) is 1. The van der Waals surface area contributed by atoms with E-state index in [1.54, 1.807) is 6.92 Å². The number of carboxylic acids is 1. The maximum Gasteiger partial charge on any atom is 0.329 e. The molecule has 0 saturated heterocycles. The van der Waals surface area contributed by atoms with Crippen molar-refractivity contribution in [1.29, 1.82) is 0 Å². The molecule has 1 aliphatic carbocycles. The second kappa shape index (κ2) is 6.77. The molecule has 1 aliphatic rings. The van der Waals surface area contributed by atoms with Crippen molar-refractivity contribution in [3.8, 4) is 0 Å². The van der Waals surface area contributed by atoms with Gasteiger partial charge in [0.25, 0.3) is 5.91 Å². The van der Waals surface area contributed by atoms with Gasteiger partial charge < -0.3 is 10.4 Å². The lowest BCUT2D eigenvalue weighted by atomic mass is 9.75. The Morgan fingerprint density at radius 2 is 2.00 bits per heavy atom. The van der Waals surface area contributed by atoms with Crippen LogP contribution in [-0.2, 0) is 11.2 Å². The summed E-state index contributed by atoms with van der Waals surface area (Å²) in [5.41, 5.74) is -0.437. The Hall–Kier alpha value is -1.43. The van der Waals surface area contributed by atoms with Gasteiger partial charge in [-0.1, -0.05) is 20.3 Å². The van der Waals surface area contributed by atoms with Gasteiger partial charge in [0.05, 0.1) is 10.7 Å². The summed E-state index contributed by atoms with van der Waals surface area (Å²) >= 11 is 1.36. The highest BCUT2D eigenvalue weighted by Crippen LogP contribution is 2.34. The van der Waals surface area contributed by atoms with Crippen molar-refractivity contribution in [2.45, 2.75) is 64.8 Å². The average Bonchev–Trinajstić information content (AvgIpc) is 2.89. The molecule has 2 N–H and O–H groups in total. The number of nitrogens with one attached hydrogen (secondary N) is 1. The van der Waals surface area contributed by atoms with Crippen LogP contribution >= 0.6 is 11.3 Å². The first kappa shape index (κ1) is 16.9. The first-order valence-corrected chi connectivity index (χ1v) is 8.75. The van der Waals surface area contributed by atoms with Gasteiger partial charge in [-0.3, -0.25) is 4.79 Å². The van der Waals surface area contributed by atoms with Crippen LogP contribution in [0.15, 0.2) is 0 Å². The molecule has 22 heavy (non-hydrogen) atoms. The van der Waals surface area contributed by atoms with E-state index in [9.17, 15) is 14.7 Å². The summed E-state index contributed by atoms with van der Waals surface area (Å²) in [5, 5.41) is 13.3. The van der Waals surface area contributed by atoms with Gasteiger partial charge >= 0.3 is 5.97 Å². The summed E-state index contributed by atoms with van der Waals surface area (Å²) in [6.07, 6.45) is 4.56. The first-order valence-electron chi connectivity index (χ1n) is 7.94. The molecule has 1 aromatic heterocycles. The molecule has 122 valence electrons. The topological polar surface area (TPSA) is 79.3 Å². The van der Waals surface area contributed by atoms with E-state index in [0.717, 1.165) is 30.7 Å². The van der Waals surface area contributed by atoms with E-state index >= 15 is 0 Å². The molecular weight excluding hydrogens is 300 g/mol. The molecule has 1 saturated carbocycles. The Balaban J connectivity index is 2.16. The third-order valence-corrected chi connectivity index (χ3v) is 5.95. The number of carbonyl (C=O) groups excluding carboxylic acids is 1. The summed E-state index contributed by atoms with van der Waals surface area (Å²) in [6.45, 7) is 5.92. The number of carbonyl (C=O) groups is 2. The SMILES string of the molecule is CCc1nc(C)c(C(=O)NC2(C(=O)O)CCC(CC)CC2)s1. The van der Waals surface area contributed by atoms with Crippen LogP contribution in [0.2, 0.25) is 0 Å². The Kier molecular flexibility index (Phi) is 5.21. The molecule has 2 rings (SSSR count). The summed E-state index contributed by atoms with van der Waals surface area (Å²) < 4.78 is 0. The fourth-order valence-corrected chi connectivity index (χ4v) is 3.96. The third kappa shape index (κ3) is 3.32. The maximum absolute atomic E-state index is 12.5. The van der Waals surface area contributed by atoms with Crippen LogP contribution in [0.5, 0.6) is 0 Å². The lowest BCUT2D eigenvalue weighted by Gasteiger charge is -2.37. The van der Waals surface area contributed by atoms with Crippen molar-refractivity contribution in [3.63, 3.8) is 0 Å². The molecule has 0 bridgehead atoms. The van der Waals surface area contributed by atoms with E-state index in [0.29, 0.717) is 29.3 Å². The smallest absolute Gasteiger partial charge is 0.329 e. The number of aryl methyl sites for hydroxylation is 2. The normalized spacial score (nSPS) is 25.0. The number of hydrogen-bond acceptors (Lipinski definition) is 4. The second-order valence-electron chi connectivity index (χ2n) is 6.07. The summed E-state index contributed by atoms with van der Waals surface area (Å²) in [7, 11) is 0. The van der Waals surface area contributed by atoms with Crippen LogP contribution in [-0.4, -0.2) is 27.5 Å². The molecule has 6 heteroatoms. The fourth-order valence-electron chi connectivity index (χ4n) is 3.06. The number of amides is 1. The molecule has 1 aromatic rings. The van der Waals surface area contributed by atoms with Gasteiger partial charge in [-0.25, -0.2) is 9.78 Å². The molecule has 1 fully saturated rings. The number of rotatable bonds is 5. The van der Waals surface area contributed by atoms with Gasteiger partial charge in [-0.15, -0.1) is 11.3 Å². The molecule has 0 aromatic carbocycles.